The Morgan fingerprint density at radius 2 is 2.22 bits per heavy atom. The molecule has 1 heterocycles. The molecule has 18 heavy (non-hydrogen) atoms. The van der Waals surface area contributed by atoms with Crippen molar-refractivity contribution in [1.82, 2.24) is 5.32 Å². The second-order valence-electron chi connectivity index (χ2n) is 5.58. The number of carbonyl (C=O) groups excluding carboxylic acids is 1. The van der Waals surface area contributed by atoms with E-state index >= 15 is 0 Å². The molecule has 0 radical (unpaired) electrons. The largest absolute Gasteiger partial charge is 0.444 e. The van der Waals surface area contributed by atoms with Crippen LogP contribution in [0.3, 0.4) is 0 Å². The van der Waals surface area contributed by atoms with Crippen molar-refractivity contribution >= 4 is 6.09 Å². The first-order valence-corrected chi connectivity index (χ1v) is 6.05. The first-order chi connectivity index (χ1) is 8.27. The monoisotopic (exact) mass is 261 g/mol. The van der Waals surface area contributed by atoms with Gasteiger partial charge in [-0.25, -0.2) is 4.79 Å². The number of amides is 1. The lowest BCUT2D eigenvalue weighted by Crippen LogP contribution is -2.61. The molecule has 1 aliphatic rings. The molecular weight excluding hydrogens is 238 g/mol. The SMILES string of the molecule is COCC1(O)COCCC1NC(=O)OC(C)(C)C. The van der Waals surface area contributed by atoms with Crippen LogP contribution in [0.5, 0.6) is 0 Å². The average Bonchev–Trinajstić information content (AvgIpc) is 2.19. The summed E-state index contributed by atoms with van der Waals surface area (Å²) in [6.45, 7) is 6.11. The summed E-state index contributed by atoms with van der Waals surface area (Å²) in [6.07, 6.45) is -0.0111. The highest BCUT2D eigenvalue weighted by Gasteiger charge is 2.41. The molecule has 1 aliphatic heterocycles. The van der Waals surface area contributed by atoms with E-state index < -0.39 is 23.3 Å². The molecule has 1 fully saturated rings. The molecule has 0 spiro atoms. The minimum Gasteiger partial charge on any atom is -0.444 e. The van der Waals surface area contributed by atoms with Crippen LogP contribution in [0.25, 0.3) is 0 Å². The highest BCUT2D eigenvalue weighted by molar-refractivity contribution is 5.68. The van der Waals surface area contributed by atoms with E-state index in [9.17, 15) is 9.90 Å². The van der Waals surface area contributed by atoms with Crippen LogP contribution in [0.1, 0.15) is 27.2 Å². The summed E-state index contributed by atoms with van der Waals surface area (Å²) >= 11 is 0. The number of aliphatic hydroxyl groups is 1. The molecule has 1 rings (SSSR count). The third-order valence-electron chi connectivity index (χ3n) is 2.64. The number of carbonyl (C=O) groups is 1. The molecule has 2 unspecified atom stereocenters. The minimum absolute atomic E-state index is 0.105. The van der Waals surface area contributed by atoms with Crippen molar-refractivity contribution in [3.05, 3.63) is 0 Å². The molecule has 0 aromatic carbocycles. The molecule has 2 atom stereocenters. The van der Waals surface area contributed by atoms with E-state index in [0.717, 1.165) is 0 Å². The summed E-state index contributed by atoms with van der Waals surface area (Å²) in [5, 5.41) is 13.0. The molecule has 1 amide bonds. The van der Waals surface area contributed by atoms with Gasteiger partial charge in [0.15, 0.2) is 0 Å². The number of methoxy groups -OCH3 is 1. The molecule has 0 bridgehead atoms. The van der Waals surface area contributed by atoms with Gasteiger partial charge in [-0.1, -0.05) is 0 Å². The van der Waals surface area contributed by atoms with Gasteiger partial charge in [0.1, 0.15) is 11.2 Å². The summed E-state index contributed by atoms with van der Waals surface area (Å²) < 4.78 is 15.4. The zero-order chi connectivity index (χ0) is 13.8. The van der Waals surface area contributed by atoms with Gasteiger partial charge in [0.05, 0.1) is 19.3 Å². The Hall–Kier alpha value is -0.850. The van der Waals surface area contributed by atoms with E-state index in [2.05, 4.69) is 5.32 Å². The zero-order valence-electron chi connectivity index (χ0n) is 11.5. The van der Waals surface area contributed by atoms with Gasteiger partial charge in [0.25, 0.3) is 0 Å². The Morgan fingerprint density at radius 1 is 1.56 bits per heavy atom. The Morgan fingerprint density at radius 3 is 2.78 bits per heavy atom. The normalized spacial score (nSPS) is 28.8. The van der Waals surface area contributed by atoms with Crippen LogP contribution in [0.2, 0.25) is 0 Å². The van der Waals surface area contributed by atoms with Gasteiger partial charge >= 0.3 is 6.09 Å². The predicted octanol–water partition coefficient (Wildman–Crippen LogP) is 0.677. The smallest absolute Gasteiger partial charge is 0.407 e. The van der Waals surface area contributed by atoms with E-state index in [1.807, 2.05) is 0 Å². The molecule has 1 saturated heterocycles. The Bertz CT molecular complexity index is 285. The summed E-state index contributed by atoms with van der Waals surface area (Å²) in [6, 6.07) is -0.430. The third-order valence-corrected chi connectivity index (χ3v) is 2.64. The van der Waals surface area contributed by atoms with E-state index in [1.165, 1.54) is 7.11 Å². The van der Waals surface area contributed by atoms with Crippen LogP contribution >= 0.6 is 0 Å². The van der Waals surface area contributed by atoms with Crippen LogP contribution in [0.15, 0.2) is 0 Å². The van der Waals surface area contributed by atoms with E-state index in [-0.39, 0.29) is 13.2 Å². The lowest BCUT2D eigenvalue weighted by atomic mass is 9.91. The number of rotatable bonds is 3. The molecule has 6 heteroatoms. The second-order valence-corrected chi connectivity index (χ2v) is 5.58. The minimum atomic E-state index is -1.20. The third kappa shape index (κ3) is 4.44. The first-order valence-electron chi connectivity index (χ1n) is 6.05. The van der Waals surface area contributed by atoms with Crippen molar-refractivity contribution in [2.45, 2.75) is 44.4 Å². The van der Waals surface area contributed by atoms with Gasteiger partial charge in [-0.2, -0.15) is 0 Å². The lowest BCUT2D eigenvalue weighted by molar-refractivity contribution is -0.136. The van der Waals surface area contributed by atoms with Crippen LogP contribution in [-0.4, -0.2) is 55.4 Å². The fourth-order valence-electron chi connectivity index (χ4n) is 1.87. The molecule has 6 nitrogen and oxygen atoms in total. The first kappa shape index (κ1) is 15.2. The van der Waals surface area contributed by atoms with Gasteiger partial charge < -0.3 is 24.6 Å². The number of alkyl carbamates (subject to hydrolysis) is 1. The van der Waals surface area contributed by atoms with E-state index in [1.54, 1.807) is 20.8 Å². The maximum Gasteiger partial charge on any atom is 0.407 e. The number of ether oxygens (including phenoxy) is 3. The molecule has 0 aliphatic carbocycles. The van der Waals surface area contributed by atoms with Gasteiger partial charge in [0, 0.05) is 13.7 Å². The van der Waals surface area contributed by atoms with Crippen LogP contribution in [-0.2, 0) is 14.2 Å². The van der Waals surface area contributed by atoms with Gasteiger partial charge in [0.2, 0.25) is 0 Å². The fourth-order valence-corrected chi connectivity index (χ4v) is 1.87. The predicted molar refractivity (Wildman–Crippen MR) is 65.4 cm³/mol. The number of nitrogens with one attached hydrogen (secondary N) is 1. The Kier molecular flexibility index (Phi) is 4.95. The van der Waals surface area contributed by atoms with Gasteiger partial charge in [-0.15, -0.1) is 0 Å². The van der Waals surface area contributed by atoms with Gasteiger partial charge in [-0.05, 0) is 27.2 Å². The summed E-state index contributed by atoms with van der Waals surface area (Å²) in [5.74, 6) is 0. The fraction of sp³-hybridized carbons (Fsp3) is 0.917. The number of hydrogen-bond donors (Lipinski definition) is 2. The topological polar surface area (TPSA) is 77.0 Å². The Labute approximate surface area is 108 Å². The molecule has 0 saturated carbocycles. The molecule has 0 aromatic rings. The van der Waals surface area contributed by atoms with Crippen molar-refractivity contribution in [1.29, 1.82) is 0 Å². The highest BCUT2D eigenvalue weighted by Crippen LogP contribution is 2.21. The quantitative estimate of drug-likeness (QED) is 0.781. The highest BCUT2D eigenvalue weighted by atomic mass is 16.6. The molecule has 106 valence electrons. The molecule has 2 N–H and O–H groups in total. The van der Waals surface area contributed by atoms with E-state index in [4.69, 9.17) is 14.2 Å². The molecule has 0 aromatic heterocycles. The number of hydrogen-bond acceptors (Lipinski definition) is 5. The second kappa shape index (κ2) is 5.86. The van der Waals surface area contributed by atoms with Gasteiger partial charge in [-0.3, -0.25) is 0 Å². The summed E-state index contributed by atoms with van der Waals surface area (Å²) in [5.41, 5.74) is -1.77. The Balaban J connectivity index is 2.59. The van der Waals surface area contributed by atoms with Crippen molar-refractivity contribution < 1.29 is 24.1 Å². The zero-order valence-corrected chi connectivity index (χ0v) is 11.5. The van der Waals surface area contributed by atoms with E-state index in [0.29, 0.717) is 13.0 Å². The van der Waals surface area contributed by atoms with Crippen molar-refractivity contribution in [2.75, 3.05) is 26.9 Å². The lowest BCUT2D eigenvalue weighted by Gasteiger charge is -2.39. The standard InChI is InChI=1S/C12H23NO5/c1-11(2,3)18-10(14)13-9-5-6-17-8-12(9,15)7-16-4/h9,15H,5-8H2,1-4H3,(H,13,14). The maximum absolute atomic E-state index is 11.7. The van der Waals surface area contributed by atoms with Crippen LogP contribution in [0, 0.1) is 0 Å². The van der Waals surface area contributed by atoms with Crippen LogP contribution in [0.4, 0.5) is 4.79 Å². The maximum atomic E-state index is 11.7. The average molecular weight is 261 g/mol. The van der Waals surface area contributed by atoms with Crippen LogP contribution < -0.4 is 5.32 Å². The molecular formula is C12H23NO5. The van der Waals surface area contributed by atoms with Crippen molar-refractivity contribution in [3.63, 3.8) is 0 Å². The summed E-state index contributed by atoms with van der Waals surface area (Å²) in [7, 11) is 1.50. The van der Waals surface area contributed by atoms with Crippen molar-refractivity contribution in [2.24, 2.45) is 0 Å². The van der Waals surface area contributed by atoms with Crippen molar-refractivity contribution in [3.8, 4) is 0 Å². The summed E-state index contributed by atoms with van der Waals surface area (Å²) in [4.78, 5) is 11.7.